The van der Waals surface area contributed by atoms with Crippen molar-refractivity contribution in [2.24, 2.45) is 0 Å². The molecule has 10 nitrogen and oxygen atoms in total. The minimum absolute atomic E-state index is 0.0917. The van der Waals surface area contributed by atoms with Crippen molar-refractivity contribution in [3.8, 4) is 11.4 Å². The molecule has 2 atom stereocenters. The number of benzene rings is 1. The third kappa shape index (κ3) is 4.74. The summed E-state index contributed by atoms with van der Waals surface area (Å²) >= 11 is 0. The van der Waals surface area contributed by atoms with Gasteiger partial charge in [-0.25, -0.2) is 18.1 Å². The van der Waals surface area contributed by atoms with E-state index in [1.165, 1.54) is 0 Å². The number of nitrogens with one attached hydrogen (secondary N) is 2. The number of likely N-dealkylation sites (tertiary alicyclic amines) is 1. The number of carbonyl (C=O) groups excluding carboxylic acids is 1. The van der Waals surface area contributed by atoms with Crippen LogP contribution in [-0.2, 0) is 21.4 Å². The first-order chi connectivity index (χ1) is 14.4. The highest BCUT2D eigenvalue weighted by atomic mass is 32.2. The summed E-state index contributed by atoms with van der Waals surface area (Å²) < 4.78 is 27.7. The molecule has 4 rings (SSSR count). The summed E-state index contributed by atoms with van der Waals surface area (Å²) in [6.07, 6.45) is 5.25. The van der Waals surface area contributed by atoms with Crippen LogP contribution in [-0.4, -0.2) is 63.0 Å². The smallest absolute Gasteiger partial charge is 0.225 e. The normalized spacial score (nSPS) is 19.3. The van der Waals surface area contributed by atoms with Crippen LogP contribution in [0.3, 0.4) is 0 Å². The predicted molar refractivity (Wildman–Crippen MR) is 110 cm³/mol. The first kappa shape index (κ1) is 20.2. The summed E-state index contributed by atoms with van der Waals surface area (Å²) in [4.78, 5) is 19.2. The van der Waals surface area contributed by atoms with E-state index in [4.69, 9.17) is 0 Å². The summed E-state index contributed by atoms with van der Waals surface area (Å²) in [5.74, 6) is 0.985. The zero-order valence-electron chi connectivity index (χ0n) is 16.5. The average Bonchev–Trinajstić information content (AvgIpc) is 3.46. The van der Waals surface area contributed by atoms with Gasteiger partial charge in [0.05, 0.1) is 12.3 Å². The molecular weight excluding hydrogens is 406 g/mol. The molecule has 11 heteroatoms. The number of hydrogen-bond acceptors (Lipinski definition) is 6. The molecule has 30 heavy (non-hydrogen) atoms. The maximum Gasteiger partial charge on any atom is 0.225 e. The average molecular weight is 430 g/mol. The molecule has 1 fully saturated rings. The Morgan fingerprint density at radius 1 is 1.27 bits per heavy atom. The van der Waals surface area contributed by atoms with Gasteiger partial charge in [0, 0.05) is 43.5 Å². The predicted octanol–water partition coefficient (Wildman–Crippen LogP) is 0.950. The lowest BCUT2D eigenvalue weighted by atomic mass is 10.1. The quantitative estimate of drug-likeness (QED) is 0.576. The zero-order chi connectivity index (χ0) is 21.1. The van der Waals surface area contributed by atoms with Gasteiger partial charge in [-0.05, 0) is 12.5 Å². The highest BCUT2D eigenvalue weighted by Crippen LogP contribution is 2.32. The van der Waals surface area contributed by atoms with Gasteiger partial charge in [-0.15, -0.1) is 0 Å². The Morgan fingerprint density at radius 2 is 2.07 bits per heavy atom. The largest absolute Gasteiger partial charge is 0.331 e. The van der Waals surface area contributed by atoms with Crippen LogP contribution in [0.5, 0.6) is 0 Å². The van der Waals surface area contributed by atoms with Gasteiger partial charge in [0.15, 0.2) is 5.82 Å². The van der Waals surface area contributed by atoms with Crippen molar-refractivity contribution in [3.05, 3.63) is 54.6 Å². The van der Waals surface area contributed by atoms with Gasteiger partial charge in [0.25, 0.3) is 0 Å². The van der Waals surface area contributed by atoms with Crippen molar-refractivity contribution in [2.75, 3.05) is 12.8 Å². The fourth-order valence-electron chi connectivity index (χ4n) is 3.69. The fraction of sp³-hybridized carbons (Fsp3) is 0.368. The lowest BCUT2D eigenvalue weighted by Crippen LogP contribution is -2.38. The molecule has 3 aromatic rings. The number of aromatic amines is 1. The molecule has 0 unspecified atom stereocenters. The summed E-state index contributed by atoms with van der Waals surface area (Å²) in [5.41, 5.74) is 0.861. The molecule has 3 heterocycles. The molecule has 0 saturated carbocycles. The van der Waals surface area contributed by atoms with E-state index in [1.807, 2.05) is 30.3 Å². The lowest BCUT2D eigenvalue weighted by Gasteiger charge is -2.22. The van der Waals surface area contributed by atoms with Gasteiger partial charge >= 0.3 is 0 Å². The van der Waals surface area contributed by atoms with Gasteiger partial charge in [0.2, 0.25) is 15.9 Å². The molecule has 1 amide bonds. The summed E-state index contributed by atoms with van der Waals surface area (Å²) in [6, 6.07) is 10.6. The Balaban J connectivity index is 1.54. The van der Waals surface area contributed by atoms with Gasteiger partial charge in [-0.3, -0.25) is 14.6 Å². The maximum absolute atomic E-state index is 13.0. The Kier molecular flexibility index (Phi) is 5.64. The van der Waals surface area contributed by atoms with E-state index in [0.717, 1.165) is 11.8 Å². The van der Waals surface area contributed by atoms with E-state index in [-0.39, 0.29) is 31.0 Å². The molecule has 2 N–H and O–H groups in total. The number of aromatic nitrogens is 5. The van der Waals surface area contributed by atoms with Crippen LogP contribution >= 0.6 is 0 Å². The van der Waals surface area contributed by atoms with E-state index < -0.39 is 10.0 Å². The number of amides is 1. The maximum atomic E-state index is 13.0. The standard InChI is InChI=1S/C19H23N7O3S/c1-30(28,29)24-15-12-16(19-21-18(22-23-19)14-6-3-2-4-7-14)26(13-15)17(27)8-11-25-10-5-9-20-25/h2-7,9-10,15-16,24H,8,11-13H2,1H3,(H,21,22,23)/t15-,16-/m0/s1. The van der Waals surface area contributed by atoms with Gasteiger partial charge in [0.1, 0.15) is 5.82 Å². The van der Waals surface area contributed by atoms with E-state index in [9.17, 15) is 13.2 Å². The van der Waals surface area contributed by atoms with E-state index in [1.54, 1.807) is 28.0 Å². The number of H-pyrrole nitrogens is 1. The monoisotopic (exact) mass is 429 g/mol. The van der Waals surface area contributed by atoms with Crippen LogP contribution in [0, 0.1) is 0 Å². The molecule has 0 aliphatic carbocycles. The van der Waals surface area contributed by atoms with Crippen LogP contribution in [0.25, 0.3) is 11.4 Å². The van der Waals surface area contributed by atoms with Crippen molar-refractivity contribution in [1.29, 1.82) is 0 Å². The Hall–Kier alpha value is -3.05. The SMILES string of the molecule is CS(=O)(=O)N[C@H]1C[C@@H](c2nc(-c3ccccc3)n[nH]2)N(C(=O)CCn2cccn2)C1. The number of sulfonamides is 1. The van der Waals surface area contributed by atoms with E-state index in [2.05, 4.69) is 25.0 Å². The van der Waals surface area contributed by atoms with E-state index >= 15 is 0 Å². The molecule has 0 spiro atoms. The summed E-state index contributed by atoms with van der Waals surface area (Å²) in [7, 11) is -3.40. The molecule has 1 aromatic carbocycles. The van der Waals surface area contributed by atoms with Crippen molar-refractivity contribution in [3.63, 3.8) is 0 Å². The number of aryl methyl sites for hydroxylation is 1. The first-order valence-electron chi connectivity index (χ1n) is 9.61. The lowest BCUT2D eigenvalue weighted by molar-refractivity contribution is -0.132. The number of rotatable bonds is 7. The van der Waals surface area contributed by atoms with Crippen molar-refractivity contribution >= 4 is 15.9 Å². The van der Waals surface area contributed by atoms with Gasteiger partial charge < -0.3 is 4.90 Å². The van der Waals surface area contributed by atoms with Crippen molar-refractivity contribution in [2.45, 2.75) is 31.5 Å². The zero-order valence-corrected chi connectivity index (χ0v) is 17.3. The molecular formula is C19H23N7O3S. The molecule has 0 bridgehead atoms. The second-order valence-corrected chi connectivity index (χ2v) is 9.09. The van der Waals surface area contributed by atoms with Crippen LogP contribution in [0.1, 0.15) is 24.7 Å². The minimum Gasteiger partial charge on any atom is -0.331 e. The molecule has 2 aromatic heterocycles. The number of hydrogen-bond donors (Lipinski definition) is 2. The number of nitrogens with zero attached hydrogens (tertiary/aromatic N) is 5. The molecule has 1 aliphatic heterocycles. The van der Waals surface area contributed by atoms with Crippen LogP contribution in [0.4, 0.5) is 0 Å². The van der Waals surface area contributed by atoms with Gasteiger partial charge in [-0.1, -0.05) is 30.3 Å². The first-order valence-corrected chi connectivity index (χ1v) is 11.5. The summed E-state index contributed by atoms with van der Waals surface area (Å²) in [6.45, 7) is 0.724. The minimum atomic E-state index is -3.40. The van der Waals surface area contributed by atoms with Crippen LogP contribution in [0.2, 0.25) is 0 Å². The molecule has 1 aliphatic rings. The van der Waals surface area contributed by atoms with E-state index in [0.29, 0.717) is 24.6 Å². The molecule has 0 radical (unpaired) electrons. The number of carbonyl (C=O) groups is 1. The van der Waals surface area contributed by atoms with Crippen molar-refractivity contribution in [1.82, 2.24) is 34.6 Å². The highest BCUT2D eigenvalue weighted by molar-refractivity contribution is 7.88. The van der Waals surface area contributed by atoms with Crippen LogP contribution in [0.15, 0.2) is 48.8 Å². The molecule has 158 valence electrons. The van der Waals surface area contributed by atoms with Crippen LogP contribution < -0.4 is 4.72 Å². The van der Waals surface area contributed by atoms with Gasteiger partial charge in [-0.2, -0.15) is 10.2 Å². The second kappa shape index (κ2) is 8.36. The second-order valence-electron chi connectivity index (χ2n) is 7.31. The fourth-order valence-corrected chi connectivity index (χ4v) is 4.46. The molecule has 1 saturated heterocycles. The highest BCUT2D eigenvalue weighted by Gasteiger charge is 2.39. The Morgan fingerprint density at radius 3 is 2.77 bits per heavy atom. The topological polar surface area (TPSA) is 126 Å². The summed E-state index contributed by atoms with van der Waals surface area (Å²) in [5, 5.41) is 11.3. The third-order valence-electron chi connectivity index (χ3n) is 4.97. The van der Waals surface area contributed by atoms with Crippen molar-refractivity contribution < 1.29 is 13.2 Å². The third-order valence-corrected chi connectivity index (χ3v) is 5.73. The Bertz CT molecular complexity index is 1100. The Labute approximate surface area is 174 Å².